The second kappa shape index (κ2) is 10.4. The summed E-state index contributed by atoms with van der Waals surface area (Å²) in [6, 6.07) is 10.6. The lowest BCUT2D eigenvalue weighted by molar-refractivity contribution is -0.113. The van der Waals surface area contributed by atoms with Gasteiger partial charge in [-0.15, -0.1) is 10.2 Å². The van der Waals surface area contributed by atoms with Crippen LogP contribution in [0.4, 0.5) is 5.69 Å². The molecule has 0 bridgehead atoms. The number of hydrogen-bond donors (Lipinski definition) is 2. The Labute approximate surface area is 208 Å². The van der Waals surface area contributed by atoms with Crippen molar-refractivity contribution >= 4 is 29.3 Å². The summed E-state index contributed by atoms with van der Waals surface area (Å²) in [5.41, 5.74) is 3.43. The van der Waals surface area contributed by atoms with E-state index in [1.165, 1.54) is 11.8 Å². The highest BCUT2D eigenvalue weighted by molar-refractivity contribution is 7.99. The lowest BCUT2D eigenvalue weighted by atomic mass is 10.0. The van der Waals surface area contributed by atoms with Crippen molar-refractivity contribution in [3.63, 3.8) is 0 Å². The second-order valence-corrected chi connectivity index (χ2v) is 9.76. The Morgan fingerprint density at radius 3 is 2.60 bits per heavy atom. The van der Waals surface area contributed by atoms with Gasteiger partial charge in [-0.05, 0) is 49.6 Å². The largest absolute Gasteiger partial charge is 0.454 e. The number of thioether (sulfide) groups is 1. The van der Waals surface area contributed by atoms with Crippen molar-refractivity contribution in [1.29, 1.82) is 0 Å². The molecule has 10 heteroatoms. The first-order valence-electron chi connectivity index (χ1n) is 11.3. The first kappa shape index (κ1) is 24.6. The van der Waals surface area contributed by atoms with Gasteiger partial charge in [0.05, 0.1) is 11.8 Å². The zero-order valence-electron chi connectivity index (χ0n) is 20.4. The molecule has 2 heterocycles. The molecule has 1 atom stereocenters. The van der Waals surface area contributed by atoms with E-state index in [0.29, 0.717) is 28.0 Å². The Balaban J connectivity index is 1.41. The van der Waals surface area contributed by atoms with Gasteiger partial charge < -0.3 is 24.7 Å². The third-order valence-corrected chi connectivity index (χ3v) is 6.74. The summed E-state index contributed by atoms with van der Waals surface area (Å²) >= 11 is 1.30. The molecule has 0 fully saturated rings. The van der Waals surface area contributed by atoms with Gasteiger partial charge in [0, 0.05) is 18.3 Å². The molecule has 35 heavy (non-hydrogen) atoms. The monoisotopic (exact) mass is 495 g/mol. The van der Waals surface area contributed by atoms with Crippen LogP contribution in [0.2, 0.25) is 0 Å². The molecule has 184 valence electrons. The van der Waals surface area contributed by atoms with Crippen LogP contribution in [0.25, 0.3) is 0 Å². The zero-order chi connectivity index (χ0) is 25.1. The van der Waals surface area contributed by atoms with Gasteiger partial charge in [-0.1, -0.05) is 43.3 Å². The number of carbonyl (C=O) groups excluding carboxylic acids is 2. The summed E-state index contributed by atoms with van der Waals surface area (Å²) in [4.78, 5) is 25.5. The van der Waals surface area contributed by atoms with Crippen LogP contribution in [-0.4, -0.2) is 39.1 Å². The van der Waals surface area contributed by atoms with Crippen molar-refractivity contribution in [2.75, 3.05) is 17.9 Å². The van der Waals surface area contributed by atoms with Gasteiger partial charge >= 0.3 is 0 Å². The van der Waals surface area contributed by atoms with Gasteiger partial charge in [-0.2, -0.15) is 0 Å². The minimum absolute atomic E-state index is 0.0570. The van der Waals surface area contributed by atoms with E-state index in [0.717, 1.165) is 16.8 Å². The Morgan fingerprint density at radius 2 is 1.86 bits per heavy atom. The molecule has 1 aliphatic rings. The normalized spacial score (nSPS) is 13.1. The second-order valence-electron chi connectivity index (χ2n) is 8.82. The molecule has 0 radical (unpaired) electrons. The molecule has 2 aromatic carbocycles. The molecule has 1 aliphatic heterocycles. The lowest BCUT2D eigenvalue weighted by Crippen LogP contribution is -2.33. The first-order valence-corrected chi connectivity index (χ1v) is 12.3. The van der Waals surface area contributed by atoms with Gasteiger partial charge in [0.1, 0.15) is 0 Å². The SMILES string of the molecule is Cc1ccc(NC(=O)CSc2nnc(C(NC(=O)c3ccc4c(c3)OCO4)C(C)C)n2C)c(C)c1. The maximum atomic E-state index is 13.0. The number of benzene rings is 2. The standard InChI is InChI=1S/C25H29N5O4S/c1-14(2)22(27-24(32)17-7-9-19-20(11-17)34-13-33-19)23-28-29-25(30(23)5)35-12-21(31)26-18-8-6-15(3)10-16(18)4/h6-11,14,22H,12-13H2,1-5H3,(H,26,31)(H,27,32). The molecular weight excluding hydrogens is 466 g/mol. The number of aryl methyl sites for hydroxylation is 2. The number of fused-ring (bicyclic) bond motifs is 1. The molecule has 0 spiro atoms. The first-order chi connectivity index (χ1) is 16.7. The summed E-state index contributed by atoms with van der Waals surface area (Å²) in [7, 11) is 1.84. The Kier molecular flexibility index (Phi) is 7.30. The van der Waals surface area contributed by atoms with Crippen LogP contribution in [0.15, 0.2) is 41.6 Å². The third-order valence-electron chi connectivity index (χ3n) is 5.72. The van der Waals surface area contributed by atoms with Crippen molar-refractivity contribution < 1.29 is 19.1 Å². The molecule has 2 N–H and O–H groups in total. The number of amides is 2. The molecule has 4 rings (SSSR count). The van der Waals surface area contributed by atoms with Gasteiger partial charge in [0.15, 0.2) is 22.5 Å². The topological polar surface area (TPSA) is 107 Å². The van der Waals surface area contributed by atoms with E-state index in [2.05, 4.69) is 20.8 Å². The van der Waals surface area contributed by atoms with E-state index in [1.807, 2.05) is 57.5 Å². The predicted molar refractivity (Wildman–Crippen MR) is 134 cm³/mol. The number of carbonyl (C=O) groups is 2. The van der Waals surface area contributed by atoms with Crippen LogP contribution >= 0.6 is 11.8 Å². The van der Waals surface area contributed by atoms with Crippen molar-refractivity contribution in [2.45, 2.75) is 38.9 Å². The molecule has 3 aromatic rings. The van der Waals surface area contributed by atoms with Gasteiger partial charge in [-0.25, -0.2) is 0 Å². The maximum absolute atomic E-state index is 13.0. The predicted octanol–water partition coefficient (Wildman–Crippen LogP) is 4.02. The van der Waals surface area contributed by atoms with Crippen LogP contribution in [0.3, 0.4) is 0 Å². The minimum atomic E-state index is -0.371. The quantitative estimate of drug-likeness (QED) is 0.455. The summed E-state index contributed by atoms with van der Waals surface area (Å²) in [6.07, 6.45) is 0. The van der Waals surface area contributed by atoms with Crippen molar-refractivity contribution in [3.8, 4) is 11.5 Å². The van der Waals surface area contributed by atoms with Gasteiger partial charge in [0.25, 0.3) is 5.91 Å². The number of aromatic nitrogens is 3. The Hall–Kier alpha value is -3.53. The molecule has 2 amide bonds. The van der Waals surface area contributed by atoms with Crippen LogP contribution in [-0.2, 0) is 11.8 Å². The number of anilines is 1. The molecular formula is C25H29N5O4S. The van der Waals surface area contributed by atoms with E-state index in [1.54, 1.807) is 18.2 Å². The van der Waals surface area contributed by atoms with Crippen LogP contribution in [0, 0.1) is 19.8 Å². The molecule has 0 saturated carbocycles. The van der Waals surface area contributed by atoms with Crippen molar-refractivity contribution in [1.82, 2.24) is 20.1 Å². The highest BCUT2D eigenvalue weighted by Gasteiger charge is 2.26. The smallest absolute Gasteiger partial charge is 0.252 e. The van der Waals surface area contributed by atoms with Gasteiger partial charge in [-0.3, -0.25) is 9.59 Å². The molecule has 0 saturated heterocycles. The molecule has 0 aliphatic carbocycles. The number of hydrogen-bond acceptors (Lipinski definition) is 7. The average molecular weight is 496 g/mol. The van der Waals surface area contributed by atoms with E-state index in [-0.39, 0.29) is 36.3 Å². The molecule has 9 nitrogen and oxygen atoms in total. The van der Waals surface area contributed by atoms with Gasteiger partial charge in [0.2, 0.25) is 12.7 Å². The maximum Gasteiger partial charge on any atom is 0.252 e. The number of nitrogens with zero attached hydrogens (tertiary/aromatic N) is 3. The summed E-state index contributed by atoms with van der Waals surface area (Å²) in [5.74, 6) is 1.67. The van der Waals surface area contributed by atoms with E-state index < -0.39 is 0 Å². The van der Waals surface area contributed by atoms with Crippen LogP contribution in [0.1, 0.15) is 47.2 Å². The number of nitrogens with one attached hydrogen (secondary N) is 2. The Bertz CT molecular complexity index is 1260. The summed E-state index contributed by atoms with van der Waals surface area (Å²) < 4.78 is 12.5. The average Bonchev–Trinajstić information content (AvgIpc) is 3.43. The van der Waals surface area contributed by atoms with E-state index in [9.17, 15) is 9.59 Å². The van der Waals surface area contributed by atoms with Crippen LogP contribution < -0.4 is 20.1 Å². The minimum Gasteiger partial charge on any atom is -0.454 e. The fourth-order valence-corrected chi connectivity index (χ4v) is 4.50. The summed E-state index contributed by atoms with van der Waals surface area (Å²) in [6.45, 7) is 8.14. The zero-order valence-corrected chi connectivity index (χ0v) is 21.2. The fraction of sp³-hybridized carbons (Fsp3) is 0.360. The molecule has 1 unspecified atom stereocenters. The van der Waals surface area contributed by atoms with E-state index >= 15 is 0 Å². The summed E-state index contributed by atoms with van der Waals surface area (Å²) in [5, 5.41) is 15.2. The molecule has 1 aromatic heterocycles. The highest BCUT2D eigenvalue weighted by atomic mass is 32.2. The number of rotatable bonds is 8. The third kappa shape index (κ3) is 5.59. The van der Waals surface area contributed by atoms with E-state index in [4.69, 9.17) is 9.47 Å². The van der Waals surface area contributed by atoms with Crippen molar-refractivity contribution in [3.05, 3.63) is 58.9 Å². The van der Waals surface area contributed by atoms with Crippen LogP contribution in [0.5, 0.6) is 11.5 Å². The Morgan fingerprint density at radius 1 is 1.09 bits per heavy atom. The lowest BCUT2D eigenvalue weighted by Gasteiger charge is -2.21. The fourth-order valence-electron chi connectivity index (χ4n) is 3.78. The van der Waals surface area contributed by atoms with Crippen molar-refractivity contribution in [2.24, 2.45) is 13.0 Å². The highest BCUT2D eigenvalue weighted by Crippen LogP contribution is 2.33. The number of ether oxygens (including phenoxy) is 2.